The molecule has 1 aromatic rings. The predicted molar refractivity (Wildman–Crippen MR) is 58.7 cm³/mol. The molecule has 0 radical (unpaired) electrons. The average Bonchev–Trinajstić information content (AvgIpc) is 2.29. The Morgan fingerprint density at radius 2 is 2.06 bits per heavy atom. The van der Waals surface area contributed by atoms with Crippen molar-refractivity contribution in [2.45, 2.75) is 6.42 Å². The normalized spacial score (nSPS) is 9.71. The lowest BCUT2D eigenvalue weighted by atomic mass is 10.3. The summed E-state index contributed by atoms with van der Waals surface area (Å²) >= 11 is 0. The van der Waals surface area contributed by atoms with Gasteiger partial charge in [0.25, 0.3) is 0 Å². The monoisotopic (exact) mass is 240 g/mol. The van der Waals surface area contributed by atoms with E-state index in [1.54, 1.807) is 12.1 Å². The third kappa shape index (κ3) is 4.96. The summed E-state index contributed by atoms with van der Waals surface area (Å²) in [5, 5.41) is 2.30. The van der Waals surface area contributed by atoms with Gasteiger partial charge in [-0.3, -0.25) is 9.59 Å². The molecule has 92 valence electrons. The zero-order valence-corrected chi connectivity index (χ0v) is 9.11. The number of nitrogens with two attached hydrogens (primary N) is 1. The fraction of sp³-hybridized carbons (Fsp3) is 0.273. The second kappa shape index (κ2) is 6.47. The van der Waals surface area contributed by atoms with Crippen LogP contribution < -0.4 is 15.8 Å². The second-order valence-electron chi connectivity index (χ2n) is 3.27. The summed E-state index contributed by atoms with van der Waals surface area (Å²) in [6.45, 7) is -0.177. The fourth-order valence-corrected chi connectivity index (χ4v) is 1.09. The van der Waals surface area contributed by atoms with Crippen LogP contribution in [0, 0.1) is 5.82 Å². The first kappa shape index (κ1) is 13.0. The van der Waals surface area contributed by atoms with Crippen LogP contribution in [0.5, 0.6) is 5.75 Å². The maximum atomic E-state index is 13.1. The molecule has 0 fully saturated rings. The highest BCUT2D eigenvalue weighted by Crippen LogP contribution is 2.15. The zero-order chi connectivity index (χ0) is 12.7. The van der Waals surface area contributed by atoms with Crippen molar-refractivity contribution in [3.8, 4) is 5.75 Å². The molecule has 5 nitrogen and oxygen atoms in total. The van der Waals surface area contributed by atoms with Crippen LogP contribution in [0.2, 0.25) is 0 Å². The van der Waals surface area contributed by atoms with E-state index < -0.39 is 11.7 Å². The van der Waals surface area contributed by atoms with Crippen LogP contribution in [-0.4, -0.2) is 25.0 Å². The summed E-state index contributed by atoms with van der Waals surface area (Å²) < 4.78 is 18.1. The number of nitrogens with one attached hydrogen (secondary N) is 1. The molecule has 0 spiro atoms. The minimum atomic E-state index is -0.617. The summed E-state index contributed by atoms with van der Waals surface area (Å²) in [7, 11) is 0. The van der Waals surface area contributed by atoms with Crippen molar-refractivity contribution in [1.29, 1.82) is 0 Å². The molecule has 0 aromatic heterocycles. The van der Waals surface area contributed by atoms with E-state index in [1.165, 1.54) is 12.1 Å². The Bertz CT molecular complexity index is 409. The first-order chi connectivity index (χ1) is 8.09. The minimum absolute atomic E-state index is 0.0294. The van der Waals surface area contributed by atoms with Crippen molar-refractivity contribution >= 4 is 11.8 Å². The number of halogens is 1. The molecular formula is C11H13FN2O3. The van der Waals surface area contributed by atoms with Crippen LogP contribution in [-0.2, 0) is 9.59 Å². The predicted octanol–water partition coefficient (Wildman–Crippen LogP) is 0.196. The molecule has 0 bridgehead atoms. The molecule has 0 aliphatic rings. The van der Waals surface area contributed by atoms with Crippen LogP contribution in [0.15, 0.2) is 24.3 Å². The van der Waals surface area contributed by atoms with E-state index in [9.17, 15) is 14.0 Å². The number of carbonyl (C=O) groups excluding carboxylic acids is 2. The van der Waals surface area contributed by atoms with Gasteiger partial charge in [0.05, 0.1) is 19.6 Å². The van der Waals surface area contributed by atoms with Gasteiger partial charge >= 0.3 is 0 Å². The van der Waals surface area contributed by atoms with Crippen molar-refractivity contribution in [2.24, 2.45) is 5.73 Å². The number of ether oxygens (including phenoxy) is 1. The van der Waals surface area contributed by atoms with Crippen molar-refractivity contribution < 1.29 is 18.7 Å². The Morgan fingerprint density at radius 1 is 1.35 bits per heavy atom. The highest BCUT2D eigenvalue weighted by molar-refractivity contribution is 5.83. The number of benzene rings is 1. The van der Waals surface area contributed by atoms with Gasteiger partial charge in [0.1, 0.15) is 0 Å². The molecule has 2 amide bonds. The van der Waals surface area contributed by atoms with E-state index >= 15 is 0 Å². The molecule has 0 saturated carbocycles. The van der Waals surface area contributed by atoms with Gasteiger partial charge in [-0.15, -0.1) is 0 Å². The molecule has 0 unspecified atom stereocenters. The maximum absolute atomic E-state index is 13.1. The number of hydrogen-bond donors (Lipinski definition) is 2. The van der Waals surface area contributed by atoms with Gasteiger partial charge in [0.15, 0.2) is 11.6 Å². The van der Waals surface area contributed by atoms with Crippen molar-refractivity contribution in [1.82, 2.24) is 5.32 Å². The molecule has 0 aliphatic heterocycles. The quantitative estimate of drug-likeness (QED) is 0.745. The van der Waals surface area contributed by atoms with E-state index in [2.05, 4.69) is 5.32 Å². The molecule has 0 heterocycles. The third-order valence-corrected chi connectivity index (χ3v) is 1.88. The van der Waals surface area contributed by atoms with Gasteiger partial charge in [-0.25, -0.2) is 4.39 Å². The number of rotatable bonds is 6. The SMILES string of the molecule is NC(=O)CNC(=O)CCOc1ccccc1F. The Kier molecular flexibility index (Phi) is 4.93. The number of primary amides is 1. The number of amides is 2. The smallest absolute Gasteiger partial charge is 0.236 e. The Hall–Kier alpha value is -2.11. The summed E-state index contributed by atoms with van der Waals surface area (Å²) in [4.78, 5) is 21.5. The number of hydrogen-bond acceptors (Lipinski definition) is 3. The van der Waals surface area contributed by atoms with Crippen LogP contribution in [0.4, 0.5) is 4.39 Å². The number of para-hydroxylation sites is 1. The molecule has 17 heavy (non-hydrogen) atoms. The molecule has 6 heteroatoms. The lowest BCUT2D eigenvalue weighted by Crippen LogP contribution is -2.33. The van der Waals surface area contributed by atoms with Crippen LogP contribution >= 0.6 is 0 Å². The first-order valence-electron chi connectivity index (χ1n) is 5.02. The van der Waals surface area contributed by atoms with Gasteiger partial charge in [0.2, 0.25) is 11.8 Å². The number of carbonyl (C=O) groups is 2. The van der Waals surface area contributed by atoms with E-state index in [-0.39, 0.29) is 31.2 Å². The van der Waals surface area contributed by atoms with Gasteiger partial charge in [-0.1, -0.05) is 12.1 Å². The highest BCUT2D eigenvalue weighted by atomic mass is 19.1. The highest BCUT2D eigenvalue weighted by Gasteiger charge is 2.05. The summed E-state index contributed by atoms with van der Waals surface area (Å²) in [5.74, 6) is -1.38. The molecule has 0 saturated heterocycles. The molecule has 1 aromatic carbocycles. The zero-order valence-electron chi connectivity index (χ0n) is 9.11. The van der Waals surface area contributed by atoms with Crippen LogP contribution in [0.3, 0.4) is 0 Å². The summed E-state index contributed by atoms with van der Waals surface area (Å²) in [5.41, 5.74) is 4.85. The van der Waals surface area contributed by atoms with Crippen LogP contribution in [0.1, 0.15) is 6.42 Å². The average molecular weight is 240 g/mol. The molecule has 0 aliphatic carbocycles. The van der Waals surface area contributed by atoms with E-state index in [4.69, 9.17) is 10.5 Å². The van der Waals surface area contributed by atoms with E-state index in [0.717, 1.165) is 0 Å². The van der Waals surface area contributed by atoms with E-state index in [0.29, 0.717) is 0 Å². The maximum Gasteiger partial charge on any atom is 0.236 e. The Morgan fingerprint density at radius 3 is 2.71 bits per heavy atom. The van der Waals surface area contributed by atoms with Crippen molar-refractivity contribution in [2.75, 3.05) is 13.2 Å². The Labute approximate surface area is 97.7 Å². The molecular weight excluding hydrogens is 227 g/mol. The third-order valence-electron chi connectivity index (χ3n) is 1.88. The molecule has 0 atom stereocenters. The van der Waals surface area contributed by atoms with Gasteiger partial charge in [0, 0.05) is 0 Å². The minimum Gasteiger partial charge on any atom is -0.490 e. The van der Waals surface area contributed by atoms with Gasteiger partial charge in [-0.2, -0.15) is 0 Å². The van der Waals surface area contributed by atoms with Crippen LogP contribution in [0.25, 0.3) is 0 Å². The molecule has 3 N–H and O–H groups in total. The second-order valence-corrected chi connectivity index (χ2v) is 3.27. The summed E-state index contributed by atoms with van der Waals surface area (Å²) in [6, 6.07) is 5.91. The summed E-state index contributed by atoms with van der Waals surface area (Å²) in [6.07, 6.45) is 0.0294. The lowest BCUT2D eigenvalue weighted by Gasteiger charge is -2.06. The Balaban J connectivity index is 2.26. The standard InChI is InChI=1S/C11H13FN2O3/c12-8-3-1-2-4-9(8)17-6-5-11(16)14-7-10(13)15/h1-4H,5-7H2,(H2,13,15)(H,14,16). The largest absolute Gasteiger partial charge is 0.490 e. The molecule has 1 rings (SSSR count). The first-order valence-corrected chi connectivity index (χ1v) is 5.02. The fourth-order valence-electron chi connectivity index (χ4n) is 1.09. The van der Waals surface area contributed by atoms with Gasteiger partial charge in [-0.05, 0) is 12.1 Å². The lowest BCUT2D eigenvalue weighted by molar-refractivity contribution is -0.125. The van der Waals surface area contributed by atoms with Crippen molar-refractivity contribution in [3.05, 3.63) is 30.1 Å². The van der Waals surface area contributed by atoms with Crippen molar-refractivity contribution in [3.63, 3.8) is 0 Å². The topological polar surface area (TPSA) is 81.4 Å². The van der Waals surface area contributed by atoms with E-state index in [1.807, 2.05) is 0 Å². The van der Waals surface area contributed by atoms with Gasteiger partial charge < -0.3 is 15.8 Å².